The van der Waals surface area contributed by atoms with Gasteiger partial charge in [-0.25, -0.2) is 4.79 Å². The highest BCUT2D eigenvalue weighted by Gasteiger charge is 2.19. The fourth-order valence-electron chi connectivity index (χ4n) is 5.00. The standard InChI is InChI=1S/C30H38N4OS/c1-6-11-23(7-2)24-16-14-22(15-17-24)19-33-20-26-27(28(33)31-25-12-9-8-10-13-25)29(36)32(5)30(35)34(26)18-21(3)4/h8-10,12-17,20-21,23,31H,6-7,11,18-19H2,1-5H3. The normalized spacial score (nSPS) is 12.4. The third kappa shape index (κ3) is 5.34. The van der Waals surface area contributed by atoms with Gasteiger partial charge in [-0.2, -0.15) is 0 Å². The van der Waals surface area contributed by atoms with Crippen LogP contribution >= 0.6 is 12.2 Å². The number of rotatable bonds is 10. The molecule has 0 aliphatic heterocycles. The van der Waals surface area contributed by atoms with Crippen molar-refractivity contribution in [2.24, 2.45) is 13.0 Å². The van der Waals surface area contributed by atoms with Gasteiger partial charge >= 0.3 is 5.69 Å². The molecule has 1 unspecified atom stereocenters. The Kier molecular flexibility index (Phi) is 8.14. The van der Waals surface area contributed by atoms with Crippen molar-refractivity contribution in [2.45, 2.75) is 66.0 Å². The van der Waals surface area contributed by atoms with Crippen molar-refractivity contribution < 1.29 is 0 Å². The Balaban J connectivity index is 1.84. The van der Waals surface area contributed by atoms with Gasteiger partial charge in [-0.05, 0) is 47.9 Å². The molecule has 6 heteroatoms. The minimum Gasteiger partial charge on any atom is -0.341 e. The van der Waals surface area contributed by atoms with Crippen LogP contribution in [-0.4, -0.2) is 13.7 Å². The Morgan fingerprint density at radius 3 is 2.31 bits per heavy atom. The molecule has 0 amide bonds. The number of aromatic nitrogens is 3. The van der Waals surface area contributed by atoms with Gasteiger partial charge in [0.1, 0.15) is 10.5 Å². The zero-order valence-electron chi connectivity index (χ0n) is 22.1. The lowest BCUT2D eigenvalue weighted by Crippen LogP contribution is -2.31. The van der Waals surface area contributed by atoms with Crippen molar-refractivity contribution in [2.75, 3.05) is 5.32 Å². The van der Waals surface area contributed by atoms with Gasteiger partial charge in [-0.1, -0.05) is 88.8 Å². The smallest absolute Gasteiger partial charge is 0.329 e. The van der Waals surface area contributed by atoms with E-state index in [1.165, 1.54) is 24.0 Å². The summed E-state index contributed by atoms with van der Waals surface area (Å²) in [7, 11) is 1.77. The Labute approximate surface area is 219 Å². The molecule has 0 aliphatic carbocycles. The molecule has 0 fully saturated rings. The van der Waals surface area contributed by atoms with Crippen LogP contribution in [0.5, 0.6) is 0 Å². The average molecular weight is 503 g/mol. The fraction of sp³-hybridized carbons (Fsp3) is 0.400. The molecule has 2 heterocycles. The molecule has 2 aromatic heterocycles. The van der Waals surface area contributed by atoms with Gasteiger partial charge in [0, 0.05) is 32.0 Å². The van der Waals surface area contributed by atoms with Crippen LogP contribution in [0.2, 0.25) is 0 Å². The molecular formula is C30H38N4OS. The van der Waals surface area contributed by atoms with Crippen LogP contribution in [0, 0.1) is 10.6 Å². The van der Waals surface area contributed by atoms with Gasteiger partial charge in [0.25, 0.3) is 0 Å². The van der Waals surface area contributed by atoms with Crippen LogP contribution in [-0.2, 0) is 20.1 Å². The molecule has 5 nitrogen and oxygen atoms in total. The molecule has 0 saturated carbocycles. The van der Waals surface area contributed by atoms with E-state index in [1.54, 1.807) is 11.6 Å². The van der Waals surface area contributed by atoms with Crippen LogP contribution in [0.1, 0.15) is 64.0 Å². The minimum absolute atomic E-state index is 0.0736. The summed E-state index contributed by atoms with van der Waals surface area (Å²) < 4.78 is 6.20. The quantitative estimate of drug-likeness (QED) is 0.227. The Morgan fingerprint density at radius 1 is 1.00 bits per heavy atom. The molecule has 4 aromatic rings. The largest absolute Gasteiger partial charge is 0.341 e. The zero-order chi connectivity index (χ0) is 25.8. The van der Waals surface area contributed by atoms with E-state index in [2.05, 4.69) is 68.0 Å². The van der Waals surface area contributed by atoms with Crippen LogP contribution in [0.15, 0.2) is 65.6 Å². The molecule has 4 rings (SSSR count). The average Bonchev–Trinajstić information content (AvgIpc) is 3.22. The third-order valence-corrected chi connectivity index (χ3v) is 7.38. The summed E-state index contributed by atoms with van der Waals surface area (Å²) in [6, 6.07) is 19.2. The number of anilines is 2. The van der Waals surface area contributed by atoms with Gasteiger partial charge in [0.2, 0.25) is 0 Å². The number of nitrogens with one attached hydrogen (secondary N) is 1. The SMILES string of the molecule is CCCC(CC)c1ccc(Cn2cc3c(c2Nc2ccccc2)c(=S)n(C)c(=O)n3CC(C)C)cc1. The first kappa shape index (κ1) is 26.0. The zero-order valence-corrected chi connectivity index (χ0v) is 22.9. The van der Waals surface area contributed by atoms with E-state index in [9.17, 15) is 4.79 Å². The Hall–Kier alpha value is -3.12. The van der Waals surface area contributed by atoms with Crippen LogP contribution < -0.4 is 11.0 Å². The summed E-state index contributed by atoms with van der Waals surface area (Å²) in [5.41, 5.74) is 4.41. The van der Waals surface area contributed by atoms with E-state index in [0.717, 1.165) is 28.8 Å². The number of hydrogen-bond donors (Lipinski definition) is 1. The highest BCUT2D eigenvalue weighted by molar-refractivity contribution is 7.71. The Bertz CT molecular complexity index is 1430. The molecular weight excluding hydrogens is 464 g/mol. The summed E-state index contributed by atoms with van der Waals surface area (Å²) in [4.78, 5) is 13.2. The molecule has 1 atom stereocenters. The van der Waals surface area contributed by atoms with Gasteiger partial charge in [-0.15, -0.1) is 0 Å². The maximum absolute atomic E-state index is 13.2. The lowest BCUT2D eigenvalue weighted by atomic mass is 9.91. The third-order valence-electron chi connectivity index (χ3n) is 6.90. The highest BCUT2D eigenvalue weighted by Crippen LogP contribution is 2.31. The fourth-order valence-corrected chi connectivity index (χ4v) is 5.28. The lowest BCUT2D eigenvalue weighted by molar-refractivity contribution is 0.504. The summed E-state index contributed by atoms with van der Waals surface area (Å²) in [5, 5.41) is 4.51. The first-order valence-corrected chi connectivity index (χ1v) is 13.5. The number of fused-ring (bicyclic) bond motifs is 1. The first-order chi connectivity index (χ1) is 17.3. The summed E-state index contributed by atoms with van der Waals surface area (Å²) in [6.45, 7) is 10.1. The van der Waals surface area contributed by atoms with Crippen molar-refractivity contribution in [1.82, 2.24) is 13.7 Å². The van der Waals surface area contributed by atoms with E-state index < -0.39 is 0 Å². The molecule has 36 heavy (non-hydrogen) atoms. The number of para-hydroxylation sites is 1. The topological polar surface area (TPSA) is 43.9 Å². The van der Waals surface area contributed by atoms with Gasteiger partial charge in [0.05, 0.1) is 10.9 Å². The second kappa shape index (κ2) is 11.3. The second-order valence-electron chi connectivity index (χ2n) is 10.1. The summed E-state index contributed by atoms with van der Waals surface area (Å²) in [6.07, 6.45) is 5.66. The number of hydrogen-bond acceptors (Lipinski definition) is 3. The molecule has 1 N–H and O–H groups in total. The van der Waals surface area contributed by atoms with Gasteiger partial charge in [-0.3, -0.25) is 9.13 Å². The summed E-state index contributed by atoms with van der Waals surface area (Å²) in [5.74, 6) is 1.86. The molecule has 0 saturated heterocycles. The molecule has 2 aromatic carbocycles. The maximum Gasteiger partial charge on any atom is 0.329 e. The van der Waals surface area contributed by atoms with Crippen LogP contribution in [0.4, 0.5) is 11.5 Å². The van der Waals surface area contributed by atoms with Crippen molar-refractivity contribution in [3.05, 3.63) is 87.0 Å². The molecule has 0 aliphatic rings. The van der Waals surface area contributed by atoms with E-state index in [1.807, 2.05) is 34.9 Å². The lowest BCUT2D eigenvalue weighted by Gasteiger charge is -2.16. The molecule has 0 spiro atoms. The van der Waals surface area contributed by atoms with Crippen LogP contribution in [0.25, 0.3) is 10.9 Å². The maximum atomic E-state index is 13.2. The first-order valence-electron chi connectivity index (χ1n) is 13.1. The van der Waals surface area contributed by atoms with E-state index in [-0.39, 0.29) is 5.69 Å². The monoisotopic (exact) mass is 502 g/mol. The minimum atomic E-state index is -0.0736. The number of benzene rings is 2. The second-order valence-corrected chi connectivity index (χ2v) is 10.5. The number of nitrogens with zero attached hydrogens (tertiary/aromatic N) is 3. The van der Waals surface area contributed by atoms with Crippen molar-refractivity contribution in [1.29, 1.82) is 0 Å². The Morgan fingerprint density at radius 2 is 1.69 bits per heavy atom. The van der Waals surface area contributed by atoms with E-state index in [4.69, 9.17) is 12.2 Å². The van der Waals surface area contributed by atoms with Gasteiger partial charge < -0.3 is 9.88 Å². The predicted molar refractivity (Wildman–Crippen MR) is 154 cm³/mol. The van der Waals surface area contributed by atoms with Crippen molar-refractivity contribution in [3.8, 4) is 0 Å². The molecule has 0 radical (unpaired) electrons. The van der Waals surface area contributed by atoms with Crippen molar-refractivity contribution in [3.63, 3.8) is 0 Å². The van der Waals surface area contributed by atoms with Crippen molar-refractivity contribution >= 4 is 34.6 Å². The van der Waals surface area contributed by atoms with E-state index in [0.29, 0.717) is 29.6 Å². The van der Waals surface area contributed by atoms with Gasteiger partial charge in [0.15, 0.2) is 0 Å². The highest BCUT2D eigenvalue weighted by atomic mass is 32.1. The summed E-state index contributed by atoms with van der Waals surface area (Å²) >= 11 is 5.82. The molecule has 190 valence electrons. The molecule has 0 bridgehead atoms. The van der Waals surface area contributed by atoms with Crippen LogP contribution in [0.3, 0.4) is 0 Å². The predicted octanol–water partition coefficient (Wildman–Crippen LogP) is 7.61. The van der Waals surface area contributed by atoms with E-state index >= 15 is 0 Å².